The summed E-state index contributed by atoms with van der Waals surface area (Å²) in [5, 5.41) is 8.90. The summed E-state index contributed by atoms with van der Waals surface area (Å²) in [5.41, 5.74) is 1.42. The van der Waals surface area contributed by atoms with Gasteiger partial charge in [0.25, 0.3) is 0 Å². The Labute approximate surface area is 81.4 Å². The summed E-state index contributed by atoms with van der Waals surface area (Å²) in [6.45, 7) is 1.94. The second-order valence-corrected chi connectivity index (χ2v) is 3.60. The fraction of sp³-hybridized carbons (Fsp3) is 0.273. The van der Waals surface area contributed by atoms with Gasteiger partial charge in [-0.15, -0.1) is 0 Å². The van der Waals surface area contributed by atoms with Crippen LogP contribution in [0.2, 0.25) is 0 Å². The number of fused-ring (bicyclic) bond motifs is 1. The Hall–Kier alpha value is -1.64. The Balaban J connectivity index is 2.68. The Morgan fingerprint density at radius 3 is 2.86 bits per heavy atom. The van der Waals surface area contributed by atoms with E-state index in [1.54, 1.807) is 6.07 Å². The summed E-state index contributed by atoms with van der Waals surface area (Å²) in [7, 11) is 0. The highest BCUT2D eigenvalue weighted by molar-refractivity contribution is 6.09. The SMILES string of the molecule is C[C@H]1CC(=O)c2c(C(=O)O)cccc21. The van der Waals surface area contributed by atoms with Gasteiger partial charge in [-0.1, -0.05) is 19.1 Å². The molecule has 0 aromatic heterocycles. The molecule has 0 spiro atoms. The molecule has 1 aliphatic rings. The first-order valence-electron chi connectivity index (χ1n) is 4.50. The predicted molar refractivity (Wildman–Crippen MR) is 50.8 cm³/mol. The molecule has 3 heteroatoms. The van der Waals surface area contributed by atoms with Gasteiger partial charge < -0.3 is 5.11 Å². The monoisotopic (exact) mass is 190 g/mol. The number of benzene rings is 1. The molecular weight excluding hydrogens is 180 g/mol. The maximum atomic E-state index is 11.5. The van der Waals surface area contributed by atoms with Gasteiger partial charge in [0.1, 0.15) is 0 Å². The van der Waals surface area contributed by atoms with Crippen molar-refractivity contribution in [2.24, 2.45) is 0 Å². The number of carboxylic acid groups (broad SMARTS) is 1. The van der Waals surface area contributed by atoms with Crippen molar-refractivity contribution in [1.29, 1.82) is 0 Å². The second-order valence-electron chi connectivity index (χ2n) is 3.60. The highest BCUT2D eigenvalue weighted by atomic mass is 16.4. The average molecular weight is 190 g/mol. The molecule has 0 saturated heterocycles. The van der Waals surface area contributed by atoms with Crippen molar-refractivity contribution in [3.63, 3.8) is 0 Å². The highest BCUT2D eigenvalue weighted by Gasteiger charge is 2.30. The quantitative estimate of drug-likeness (QED) is 0.737. The van der Waals surface area contributed by atoms with Gasteiger partial charge in [-0.2, -0.15) is 0 Å². The first kappa shape index (κ1) is 8.94. The van der Waals surface area contributed by atoms with Gasteiger partial charge in [0.05, 0.1) is 5.56 Å². The third kappa shape index (κ3) is 1.13. The van der Waals surface area contributed by atoms with Crippen molar-refractivity contribution >= 4 is 11.8 Å². The summed E-state index contributed by atoms with van der Waals surface area (Å²) < 4.78 is 0. The van der Waals surface area contributed by atoms with Crippen LogP contribution in [0.4, 0.5) is 0 Å². The summed E-state index contributed by atoms with van der Waals surface area (Å²) in [5.74, 6) is -0.924. The molecule has 72 valence electrons. The lowest BCUT2D eigenvalue weighted by atomic mass is 10.00. The minimum absolute atomic E-state index is 0.0505. The molecule has 0 saturated carbocycles. The van der Waals surface area contributed by atoms with E-state index in [9.17, 15) is 9.59 Å². The van der Waals surface area contributed by atoms with Gasteiger partial charge in [0, 0.05) is 12.0 Å². The maximum absolute atomic E-state index is 11.5. The van der Waals surface area contributed by atoms with E-state index < -0.39 is 5.97 Å². The topological polar surface area (TPSA) is 54.4 Å². The molecule has 1 aromatic carbocycles. The predicted octanol–water partition coefficient (Wildman–Crippen LogP) is 2.07. The number of Topliss-reactive ketones (excluding diaryl/α,β-unsaturated/α-hetero) is 1. The van der Waals surface area contributed by atoms with E-state index in [4.69, 9.17) is 5.11 Å². The number of hydrogen-bond acceptors (Lipinski definition) is 2. The molecule has 0 amide bonds. The third-order valence-corrected chi connectivity index (χ3v) is 2.63. The normalized spacial score (nSPS) is 19.5. The minimum Gasteiger partial charge on any atom is -0.478 e. The van der Waals surface area contributed by atoms with Gasteiger partial charge in [-0.25, -0.2) is 4.79 Å². The Morgan fingerprint density at radius 1 is 1.50 bits per heavy atom. The minimum atomic E-state index is -1.02. The van der Waals surface area contributed by atoms with E-state index in [0.29, 0.717) is 12.0 Å². The van der Waals surface area contributed by atoms with Crippen LogP contribution in [0.15, 0.2) is 18.2 Å². The standard InChI is InChI=1S/C11H10O3/c1-6-5-9(12)10-7(6)3-2-4-8(10)11(13)14/h2-4,6H,5H2,1H3,(H,13,14)/t6-/m0/s1. The molecule has 3 nitrogen and oxygen atoms in total. The highest BCUT2D eigenvalue weighted by Crippen LogP contribution is 2.34. The van der Waals surface area contributed by atoms with Gasteiger partial charge >= 0.3 is 5.97 Å². The van der Waals surface area contributed by atoms with E-state index in [-0.39, 0.29) is 17.3 Å². The van der Waals surface area contributed by atoms with Crippen molar-refractivity contribution in [3.05, 3.63) is 34.9 Å². The molecule has 1 atom stereocenters. The van der Waals surface area contributed by atoms with Crippen molar-refractivity contribution in [3.8, 4) is 0 Å². The van der Waals surface area contributed by atoms with Gasteiger partial charge in [0.2, 0.25) is 0 Å². The van der Waals surface area contributed by atoms with Crippen LogP contribution >= 0.6 is 0 Å². The van der Waals surface area contributed by atoms with Crippen molar-refractivity contribution in [2.75, 3.05) is 0 Å². The number of carbonyl (C=O) groups excluding carboxylic acids is 1. The second kappa shape index (κ2) is 2.94. The van der Waals surface area contributed by atoms with E-state index >= 15 is 0 Å². The molecule has 0 heterocycles. The summed E-state index contributed by atoms with van der Waals surface area (Å²) in [4.78, 5) is 22.4. The fourth-order valence-electron chi connectivity index (χ4n) is 1.96. The van der Waals surface area contributed by atoms with Gasteiger partial charge in [0.15, 0.2) is 5.78 Å². The smallest absolute Gasteiger partial charge is 0.336 e. The Bertz CT molecular complexity index is 421. The first-order chi connectivity index (χ1) is 6.61. The van der Waals surface area contributed by atoms with E-state index in [0.717, 1.165) is 5.56 Å². The molecule has 1 aromatic rings. The van der Waals surface area contributed by atoms with Crippen molar-refractivity contribution in [1.82, 2.24) is 0 Å². The number of rotatable bonds is 1. The Kier molecular flexibility index (Phi) is 1.88. The largest absolute Gasteiger partial charge is 0.478 e. The van der Waals surface area contributed by atoms with Crippen LogP contribution in [0, 0.1) is 0 Å². The number of ketones is 1. The lowest BCUT2D eigenvalue weighted by Gasteiger charge is -2.04. The molecule has 0 bridgehead atoms. The first-order valence-corrected chi connectivity index (χ1v) is 4.50. The number of aromatic carboxylic acids is 1. The van der Waals surface area contributed by atoms with Crippen LogP contribution in [0.25, 0.3) is 0 Å². The summed E-state index contributed by atoms with van der Waals surface area (Å²) >= 11 is 0. The Morgan fingerprint density at radius 2 is 2.21 bits per heavy atom. The lowest BCUT2D eigenvalue weighted by molar-refractivity contribution is 0.0692. The zero-order valence-electron chi connectivity index (χ0n) is 7.78. The number of carboxylic acids is 1. The van der Waals surface area contributed by atoms with Crippen molar-refractivity contribution < 1.29 is 14.7 Å². The van der Waals surface area contributed by atoms with E-state index in [1.165, 1.54) is 6.07 Å². The molecule has 0 fully saturated rings. The van der Waals surface area contributed by atoms with E-state index in [2.05, 4.69) is 0 Å². The zero-order chi connectivity index (χ0) is 10.3. The number of hydrogen-bond donors (Lipinski definition) is 1. The third-order valence-electron chi connectivity index (χ3n) is 2.63. The van der Waals surface area contributed by atoms with Crippen LogP contribution in [0.1, 0.15) is 45.5 Å². The van der Waals surface area contributed by atoms with E-state index in [1.807, 2.05) is 13.0 Å². The van der Waals surface area contributed by atoms with Crippen LogP contribution in [0.3, 0.4) is 0 Å². The molecule has 1 aliphatic carbocycles. The van der Waals surface area contributed by atoms with Crippen LogP contribution in [0.5, 0.6) is 0 Å². The zero-order valence-corrected chi connectivity index (χ0v) is 7.78. The summed E-state index contributed by atoms with van der Waals surface area (Å²) in [6.07, 6.45) is 0.430. The summed E-state index contributed by atoms with van der Waals surface area (Å²) in [6, 6.07) is 5.01. The molecule has 14 heavy (non-hydrogen) atoms. The molecule has 0 aliphatic heterocycles. The fourth-order valence-corrected chi connectivity index (χ4v) is 1.96. The van der Waals surface area contributed by atoms with Gasteiger partial charge in [-0.3, -0.25) is 4.79 Å². The molecule has 0 unspecified atom stereocenters. The van der Waals surface area contributed by atoms with Crippen LogP contribution in [-0.2, 0) is 0 Å². The number of carbonyl (C=O) groups is 2. The molecule has 2 rings (SSSR count). The maximum Gasteiger partial charge on any atom is 0.336 e. The molecule has 0 radical (unpaired) electrons. The van der Waals surface area contributed by atoms with Crippen LogP contribution in [-0.4, -0.2) is 16.9 Å². The van der Waals surface area contributed by atoms with Crippen LogP contribution < -0.4 is 0 Å². The van der Waals surface area contributed by atoms with Crippen molar-refractivity contribution in [2.45, 2.75) is 19.3 Å². The van der Waals surface area contributed by atoms with Gasteiger partial charge in [-0.05, 0) is 17.5 Å². The lowest BCUT2D eigenvalue weighted by Crippen LogP contribution is -2.05. The molecular formula is C11H10O3. The average Bonchev–Trinajstić information content (AvgIpc) is 2.43. The molecule has 1 N–H and O–H groups in total.